The second-order valence-corrected chi connectivity index (χ2v) is 5.67. The number of ether oxygens (including phenoxy) is 1. The third-order valence-corrected chi connectivity index (χ3v) is 3.28. The molecule has 0 aromatic carbocycles. The molecule has 1 heterocycles. The van der Waals surface area contributed by atoms with Crippen LogP contribution in [0.2, 0.25) is 0 Å². The van der Waals surface area contributed by atoms with Crippen LogP contribution in [0.15, 0.2) is 0 Å². The van der Waals surface area contributed by atoms with Gasteiger partial charge in [0.2, 0.25) is 0 Å². The first-order chi connectivity index (χ1) is 6.86. The molecule has 0 bridgehead atoms. The van der Waals surface area contributed by atoms with Gasteiger partial charge in [-0.15, -0.1) is 11.6 Å². The van der Waals surface area contributed by atoms with E-state index in [1.807, 2.05) is 20.8 Å². The topological polar surface area (TPSA) is 38.3 Å². The summed E-state index contributed by atoms with van der Waals surface area (Å²) in [6.45, 7) is 6.41. The lowest BCUT2D eigenvalue weighted by molar-refractivity contribution is -0.131. The molecule has 1 saturated heterocycles. The van der Waals surface area contributed by atoms with E-state index in [2.05, 4.69) is 5.32 Å². The van der Waals surface area contributed by atoms with Crippen LogP contribution in [0, 0.1) is 11.3 Å². The van der Waals surface area contributed by atoms with Crippen molar-refractivity contribution >= 4 is 17.4 Å². The lowest BCUT2D eigenvalue weighted by atomic mass is 9.79. The first-order valence-electron chi connectivity index (χ1n) is 5.31. The Labute approximate surface area is 96.5 Å². The van der Waals surface area contributed by atoms with Crippen LogP contribution in [0.5, 0.6) is 0 Å². The average Bonchev–Trinajstić information content (AvgIpc) is 2.15. The Morgan fingerprint density at radius 3 is 2.47 bits per heavy atom. The van der Waals surface area contributed by atoms with Crippen LogP contribution >= 0.6 is 11.6 Å². The molecular weight excluding hydrogens is 214 g/mol. The molecule has 0 saturated carbocycles. The number of alkyl halides is 1. The summed E-state index contributed by atoms with van der Waals surface area (Å²) in [5, 5.41) is 3.05. The molecule has 3 nitrogen and oxygen atoms in total. The van der Waals surface area contributed by atoms with Gasteiger partial charge in [0.1, 0.15) is 12.0 Å². The number of hydrogen-bond donors (Lipinski definition) is 1. The monoisotopic (exact) mass is 233 g/mol. The molecule has 0 aromatic heterocycles. The summed E-state index contributed by atoms with van der Waals surface area (Å²) in [7, 11) is 1.65. The molecule has 1 aliphatic heterocycles. The lowest BCUT2D eigenvalue weighted by Gasteiger charge is -2.35. The van der Waals surface area contributed by atoms with E-state index in [0.717, 1.165) is 0 Å². The maximum Gasteiger partial charge on any atom is 0.144 e. The maximum atomic E-state index is 12.1. The van der Waals surface area contributed by atoms with E-state index in [-0.39, 0.29) is 28.7 Å². The molecule has 0 amide bonds. The minimum atomic E-state index is -0.320. The Kier molecular flexibility index (Phi) is 4.15. The second-order valence-electron chi connectivity index (χ2n) is 5.11. The minimum Gasteiger partial charge on any atom is -0.367 e. The van der Waals surface area contributed by atoms with Crippen molar-refractivity contribution in [2.45, 2.75) is 38.8 Å². The van der Waals surface area contributed by atoms with Crippen LogP contribution in [0.4, 0.5) is 0 Å². The van der Waals surface area contributed by atoms with E-state index in [1.54, 1.807) is 7.11 Å². The molecule has 3 unspecified atom stereocenters. The lowest BCUT2D eigenvalue weighted by Crippen LogP contribution is -2.50. The average molecular weight is 234 g/mol. The molecule has 15 heavy (non-hydrogen) atoms. The number of nitrogens with one attached hydrogen (secondary N) is 1. The number of carbonyl (C=O) groups is 1. The summed E-state index contributed by atoms with van der Waals surface area (Å²) >= 11 is 6.22. The summed E-state index contributed by atoms with van der Waals surface area (Å²) in [6.07, 6.45) is 0.668. The minimum absolute atomic E-state index is 0.0171. The molecule has 3 atom stereocenters. The third kappa shape index (κ3) is 3.16. The van der Waals surface area contributed by atoms with Gasteiger partial charge in [-0.2, -0.15) is 0 Å². The predicted molar refractivity (Wildman–Crippen MR) is 61.0 cm³/mol. The van der Waals surface area contributed by atoms with Gasteiger partial charge in [-0.1, -0.05) is 20.8 Å². The standard InChI is InChI=1S/C11H20ClNO2/c1-11(2,3)10(14)7-6-13-9(15-4)5-8(7)12/h7-9,13H,5-6H2,1-4H3. The van der Waals surface area contributed by atoms with Crippen molar-refractivity contribution in [2.75, 3.05) is 13.7 Å². The first-order valence-corrected chi connectivity index (χ1v) is 5.74. The fourth-order valence-electron chi connectivity index (χ4n) is 1.83. The van der Waals surface area contributed by atoms with Crippen molar-refractivity contribution in [3.05, 3.63) is 0 Å². The summed E-state index contributed by atoms with van der Waals surface area (Å²) in [5.41, 5.74) is -0.320. The third-order valence-electron chi connectivity index (χ3n) is 2.80. The fourth-order valence-corrected chi connectivity index (χ4v) is 2.20. The van der Waals surface area contributed by atoms with Crippen molar-refractivity contribution in [1.29, 1.82) is 0 Å². The van der Waals surface area contributed by atoms with E-state index in [0.29, 0.717) is 13.0 Å². The molecule has 88 valence electrons. The molecule has 1 fully saturated rings. The number of halogens is 1. The van der Waals surface area contributed by atoms with Crippen molar-refractivity contribution in [3.8, 4) is 0 Å². The normalized spacial score (nSPS) is 32.7. The SMILES string of the molecule is COC1CC(Cl)C(C(=O)C(C)(C)C)CN1. The highest BCUT2D eigenvalue weighted by molar-refractivity contribution is 6.22. The van der Waals surface area contributed by atoms with Crippen LogP contribution in [-0.4, -0.2) is 31.0 Å². The van der Waals surface area contributed by atoms with E-state index >= 15 is 0 Å². The van der Waals surface area contributed by atoms with E-state index in [4.69, 9.17) is 16.3 Å². The summed E-state index contributed by atoms with van der Waals surface area (Å²) in [4.78, 5) is 12.1. The molecule has 0 radical (unpaired) electrons. The molecule has 1 aliphatic rings. The van der Waals surface area contributed by atoms with E-state index < -0.39 is 0 Å². The molecule has 0 spiro atoms. The van der Waals surface area contributed by atoms with Gasteiger partial charge in [0.05, 0.1) is 0 Å². The van der Waals surface area contributed by atoms with Gasteiger partial charge in [-0.25, -0.2) is 0 Å². The zero-order chi connectivity index (χ0) is 11.6. The maximum absolute atomic E-state index is 12.1. The highest BCUT2D eigenvalue weighted by Gasteiger charge is 2.38. The second kappa shape index (κ2) is 4.81. The van der Waals surface area contributed by atoms with Gasteiger partial charge < -0.3 is 4.74 Å². The first kappa shape index (κ1) is 12.9. The summed E-state index contributed by atoms with van der Waals surface area (Å²) in [5.74, 6) is 0.127. The Morgan fingerprint density at radius 2 is 2.07 bits per heavy atom. The van der Waals surface area contributed by atoms with Gasteiger partial charge in [0.25, 0.3) is 0 Å². The molecule has 0 aromatic rings. The van der Waals surface area contributed by atoms with Crippen molar-refractivity contribution < 1.29 is 9.53 Å². The summed E-state index contributed by atoms with van der Waals surface area (Å²) < 4.78 is 5.17. The quantitative estimate of drug-likeness (QED) is 0.740. The Bertz CT molecular complexity index is 237. The summed E-state index contributed by atoms with van der Waals surface area (Å²) in [6, 6.07) is 0. The number of carbonyl (C=O) groups excluding carboxylic acids is 1. The highest BCUT2D eigenvalue weighted by Crippen LogP contribution is 2.29. The number of ketones is 1. The van der Waals surface area contributed by atoms with Gasteiger partial charge in [-0.05, 0) is 0 Å². The smallest absolute Gasteiger partial charge is 0.144 e. The van der Waals surface area contributed by atoms with Crippen molar-refractivity contribution in [3.63, 3.8) is 0 Å². The van der Waals surface area contributed by atoms with Gasteiger partial charge in [0.15, 0.2) is 0 Å². The van der Waals surface area contributed by atoms with E-state index in [9.17, 15) is 4.79 Å². The van der Waals surface area contributed by atoms with Gasteiger partial charge in [0, 0.05) is 36.8 Å². The number of Topliss-reactive ketones (excluding diaryl/α,β-unsaturated/α-hetero) is 1. The molecule has 0 aliphatic carbocycles. The zero-order valence-electron chi connectivity index (χ0n) is 9.84. The molecule has 1 rings (SSSR count). The van der Waals surface area contributed by atoms with Crippen molar-refractivity contribution in [1.82, 2.24) is 5.32 Å². The fraction of sp³-hybridized carbons (Fsp3) is 0.909. The Hall–Kier alpha value is -0.120. The Balaban J connectivity index is 2.62. The van der Waals surface area contributed by atoms with Crippen LogP contribution in [0.3, 0.4) is 0 Å². The van der Waals surface area contributed by atoms with E-state index in [1.165, 1.54) is 0 Å². The van der Waals surface area contributed by atoms with Crippen LogP contribution in [-0.2, 0) is 9.53 Å². The highest BCUT2D eigenvalue weighted by atomic mass is 35.5. The van der Waals surface area contributed by atoms with Gasteiger partial charge >= 0.3 is 0 Å². The number of methoxy groups -OCH3 is 1. The predicted octanol–water partition coefficient (Wildman–Crippen LogP) is 1.79. The Morgan fingerprint density at radius 1 is 1.47 bits per heavy atom. The zero-order valence-corrected chi connectivity index (χ0v) is 10.6. The van der Waals surface area contributed by atoms with Crippen LogP contribution in [0.1, 0.15) is 27.2 Å². The number of piperidine rings is 1. The largest absolute Gasteiger partial charge is 0.367 e. The number of rotatable bonds is 2. The van der Waals surface area contributed by atoms with Gasteiger partial charge in [-0.3, -0.25) is 10.1 Å². The molecule has 4 heteroatoms. The molecule has 1 N–H and O–H groups in total. The van der Waals surface area contributed by atoms with Crippen LogP contribution in [0.25, 0.3) is 0 Å². The number of hydrogen-bond acceptors (Lipinski definition) is 3. The molecular formula is C11H20ClNO2. The van der Waals surface area contributed by atoms with Crippen LogP contribution < -0.4 is 5.32 Å². The van der Waals surface area contributed by atoms with Crippen molar-refractivity contribution in [2.24, 2.45) is 11.3 Å².